The van der Waals surface area contributed by atoms with E-state index in [9.17, 15) is 0 Å². The van der Waals surface area contributed by atoms with E-state index in [-0.39, 0.29) is 0 Å². The maximum Gasteiger partial charge on any atom is 0.138 e. The lowest BCUT2D eigenvalue weighted by atomic mass is 9.89. The Kier molecular flexibility index (Phi) is 4.21. The first kappa shape index (κ1) is 13.4. The van der Waals surface area contributed by atoms with Gasteiger partial charge < -0.3 is 5.32 Å². The molecule has 1 aliphatic rings. The second-order valence-electron chi connectivity index (χ2n) is 5.39. The van der Waals surface area contributed by atoms with Crippen LogP contribution in [-0.2, 0) is 0 Å². The fourth-order valence-electron chi connectivity index (χ4n) is 2.83. The molecule has 0 unspecified atom stereocenters. The van der Waals surface area contributed by atoms with Crippen molar-refractivity contribution in [1.29, 1.82) is 0 Å². The normalized spacial score (nSPS) is 16.2. The Bertz CT molecular complexity index is 547. The first-order valence-corrected chi connectivity index (χ1v) is 7.59. The lowest BCUT2D eigenvalue weighted by Crippen LogP contribution is -2.18. The summed E-state index contributed by atoms with van der Waals surface area (Å²) in [5, 5.41) is 8.47. The molecule has 0 saturated heterocycles. The van der Waals surface area contributed by atoms with Gasteiger partial charge in [0.15, 0.2) is 0 Å². The number of nitrogens with one attached hydrogen (secondary N) is 1. The molecule has 0 amide bonds. The number of hydrogen-bond donors (Lipinski definition) is 1. The highest BCUT2D eigenvalue weighted by Gasteiger charge is 2.14. The minimum absolute atomic E-state index is 0.736. The summed E-state index contributed by atoms with van der Waals surface area (Å²) in [5.41, 5.74) is 2.01. The molecule has 4 nitrogen and oxygen atoms in total. The fraction of sp³-hybridized carbons (Fsp3) is 0.467. The van der Waals surface area contributed by atoms with Gasteiger partial charge in [0, 0.05) is 11.6 Å². The predicted molar refractivity (Wildman–Crippen MR) is 81.4 cm³/mol. The molecule has 20 heavy (non-hydrogen) atoms. The zero-order chi connectivity index (χ0) is 13.8. The van der Waals surface area contributed by atoms with Gasteiger partial charge in [0.05, 0.1) is 11.4 Å². The standard InChI is InChI=1S/C15H19ClN4/c16-13-6-7-15(20-11-17-10-19-20)14(8-13)18-9-12-4-2-1-3-5-12/h6-8,10-12,18H,1-5,9H2. The smallest absolute Gasteiger partial charge is 0.138 e. The third kappa shape index (κ3) is 3.12. The largest absolute Gasteiger partial charge is 0.383 e. The van der Waals surface area contributed by atoms with E-state index in [2.05, 4.69) is 15.4 Å². The zero-order valence-electron chi connectivity index (χ0n) is 11.4. The van der Waals surface area contributed by atoms with Crippen LogP contribution in [0.25, 0.3) is 5.69 Å². The van der Waals surface area contributed by atoms with Crippen molar-refractivity contribution in [2.24, 2.45) is 5.92 Å². The topological polar surface area (TPSA) is 42.7 Å². The molecule has 1 aromatic carbocycles. The highest BCUT2D eigenvalue weighted by atomic mass is 35.5. The van der Waals surface area contributed by atoms with Crippen molar-refractivity contribution >= 4 is 17.3 Å². The van der Waals surface area contributed by atoms with Gasteiger partial charge in [-0.1, -0.05) is 30.9 Å². The third-order valence-electron chi connectivity index (χ3n) is 3.93. The molecule has 3 rings (SSSR count). The molecule has 1 saturated carbocycles. The van der Waals surface area contributed by atoms with E-state index < -0.39 is 0 Å². The fourth-order valence-corrected chi connectivity index (χ4v) is 3.00. The van der Waals surface area contributed by atoms with E-state index in [0.29, 0.717) is 0 Å². The number of hydrogen-bond acceptors (Lipinski definition) is 3. The van der Waals surface area contributed by atoms with E-state index >= 15 is 0 Å². The van der Waals surface area contributed by atoms with Crippen LogP contribution in [0.3, 0.4) is 0 Å². The molecule has 1 N–H and O–H groups in total. The Morgan fingerprint density at radius 2 is 2.10 bits per heavy atom. The van der Waals surface area contributed by atoms with Crippen molar-refractivity contribution in [2.45, 2.75) is 32.1 Å². The molecule has 1 aromatic heterocycles. The first-order valence-electron chi connectivity index (χ1n) is 7.21. The quantitative estimate of drug-likeness (QED) is 0.928. The number of aromatic nitrogens is 3. The van der Waals surface area contributed by atoms with Gasteiger partial charge in [-0.3, -0.25) is 0 Å². The Labute approximate surface area is 124 Å². The zero-order valence-corrected chi connectivity index (χ0v) is 12.2. The molecule has 0 aliphatic heterocycles. The summed E-state index contributed by atoms with van der Waals surface area (Å²) >= 11 is 6.11. The van der Waals surface area contributed by atoms with E-state index in [1.807, 2.05) is 18.2 Å². The number of rotatable bonds is 4. The molecule has 106 valence electrons. The average Bonchev–Trinajstić information content (AvgIpc) is 3.00. The second kappa shape index (κ2) is 6.27. The lowest BCUT2D eigenvalue weighted by molar-refractivity contribution is 0.373. The van der Waals surface area contributed by atoms with Crippen LogP contribution in [0, 0.1) is 5.92 Å². The van der Waals surface area contributed by atoms with Crippen LogP contribution in [0.2, 0.25) is 5.02 Å². The summed E-state index contributed by atoms with van der Waals surface area (Å²) in [6, 6.07) is 5.81. The summed E-state index contributed by atoms with van der Waals surface area (Å²) < 4.78 is 1.76. The minimum atomic E-state index is 0.736. The lowest BCUT2D eigenvalue weighted by Gasteiger charge is -2.23. The van der Waals surface area contributed by atoms with Crippen LogP contribution in [0.5, 0.6) is 0 Å². The van der Waals surface area contributed by atoms with Gasteiger partial charge in [-0.2, -0.15) is 5.10 Å². The Hall–Kier alpha value is -1.55. The van der Waals surface area contributed by atoms with Gasteiger partial charge in [0.2, 0.25) is 0 Å². The molecule has 1 aliphatic carbocycles. The van der Waals surface area contributed by atoms with Crippen LogP contribution in [0.4, 0.5) is 5.69 Å². The minimum Gasteiger partial charge on any atom is -0.383 e. The molecule has 1 fully saturated rings. The molecule has 0 radical (unpaired) electrons. The SMILES string of the molecule is Clc1ccc(-n2cncn2)c(NCC2CCCCC2)c1. The van der Waals surface area contributed by atoms with Crippen LogP contribution >= 0.6 is 11.6 Å². The monoisotopic (exact) mass is 290 g/mol. The van der Waals surface area contributed by atoms with Gasteiger partial charge in [-0.25, -0.2) is 9.67 Å². The number of nitrogens with zero attached hydrogens (tertiary/aromatic N) is 3. The molecule has 0 atom stereocenters. The van der Waals surface area contributed by atoms with Gasteiger partial charge in [0.25, 0.3) is 0 Å². The number of benzene rings is 1. The van der Waals surface area contributed by atoms with Crippen LogP contribution in [0.15, 0.2) is 30.9 Å². The van der Waals surface area contributed by atoms with Gasteiger partial charge in [0.1, 0.15) is 12.7 Å². The summed E-state index contributed by atoms with van der Waals surface area (Å²) in [7, 11) is 0. The van der Waals surface area contributed by atoms with E-state index in [1.54, 1.807) is 17.3 Å². The van der Waals surface area contributed by atoms with Crippen molar-refractivity contribution in [3.8, 4) is 5.69 Å². The van der Waals surface area contributed by atoms with Crippen molar-refractivity contribution in [1.82, 2.24) is 14.8 Å². The Morgan fingerprint density at radius 1 is 1.25 bits per heavy atom. The van der Waals surface area contributed by atoms with Gasteiger partial charge in [-0.15, -0.1) is 0 Å². The average molecular weight is 291 g/mol. The summed E-state index contributed by atoms with van der Waals surface area (Å²) in [6.45, 7) is 1.00. The summed E-state index contributed by atoms with van der Waals surface area (Å²) in [5.74, 6) is 0.770. The van der Waals surface area contributed by atoms with Gasteiger partial charge in [-0.05, 0) is 37.0 Å². The number of halogens is 1. The molecule has 0 bridgehead atoms. The van der Waals surface area contributed by atoms with Crippen LogP contribution < -0.4 is 5.32 Å². The molecule has 2 aromatic rings. The third-order valence-corrected chi connectivity index (χ3v) is 4.17. The van der Waals surface area contributed by atoms with E-state index in [1.165, 1.54) is 32.1 Å². The molecular formula is C15H19ClN4. The molecular weight excluding hydrogens is 272 g/mol. The van der Waals surface area contributed by atoms with Gasteiger partial charge >= 0.3 is 0 Å². The molecule has 5 heteroatoms. The van der Waals surface area contributed by atoms with E-state index in [0.717, 1.165) is 28.9 Å². The van der Waals surface area contributed by atoms with Crippen molar-refractivity contribution in [3.63, 3.8) is 0 Å². The summed E-state index contributed by atoms with van der Waals surface area (Å²) in [6.07, 6.45) is 10.0. The van der Waals surface area contributed by atoms with E-state index in [4.69, 9.17) is 11.6 Å². The molecule has 1 heterocycles. The van der Waals surface area contributed by atoms with Crippen LogP contribution in [-0.4, -0.2) is 21.3 Å². The Balaban J connectivity index is 1.75. The highest BCUT2D eigenvalue weighted by molar-refractivity contribution is 6.31. The van der Waals surface area contributed by atoms with Crippen LogP contribution in [0.1, 0.15) is 32.1 Å². The van der Waals surface area contributed by atoms with Crippen molar-refractivity contribution in [2.75, 3.05) is 11.9 Å². The predicted octanol–water partition coefficient (Wildman–Crippen LogP) is 3.91. The van der Waals surface area contributed by atoms with Crippen molar-refractivity contribution < 1.29 is 0 Å². The summed E-state index contributed by atoms with van der Waals surface area (Å²) in [4.78, 5) is 4.00. The van der Waals surface area contributed by atoms with Crippen molar-refractivity contribution in [3.05, 3.63) is 35.9 Å². The first-order chi connectivity index (χ1) is 9.83. The Morgan fingerprint density at radius 3 is 2.85 bits per heavy atom. The molecule has 0 spiro atoms. The number of anilines is 1. The maximum absolute atomic E-state index is 6.11. The second-order valence-corrected chi connectivity index (χ2v) is 5.82. The highest BCUT2D eigenvalue weighted by Crippen LogP contribution is 2.27. The maximum atomic E-state index is 6.11.